The minimum absolute atomic E-state index is 0.156. The van der Waals surface area contributed by atoms with E-state index >= 15 is 0 Å². The molecule has 1 aromatic heterocycles. The second-order valence-electron chi connectivity index (χ2n) is 3.07. The molecule has 5 heteroatoms. The first-order valence-corrected chi connectivity index (χ1v) is 4.38. The molecule has 0 saturated heterocycles. The Hall–Kier alpha value is -2.17. The van der Waals surface area contributed by atoms with E-state index in [-0.39, 0.29) is 5.75 Å². The van der Waals surface area contributed by atoms with Crippen LogP contribution in [-0.2, 0) is 0 Å². The van der Waals surface area contributed by atoms with Crippen molar-refractivity contribution in [2.24, 2.45) is 0 Å². The van der Waals surface area contributed by atoms with Gasteiger partial charge < -0.3 is 20.6 Å². The number of anilines is 1. The van der Waals surface area contributed by atoms with Crippen molar-refractivity contribution in [1.82, 2.24) is 9.97 Å². The van der Waals surface area contributed by atoms with E-state index in [1.807, 2.05) is 0 Å². The van der Waals surface area contributed by atoms with Crippen LogP contribution in [0.1, 0.15) is 0 Å². The molecule has 0 spiro atoms. The fraction of sp³-hybridized carbons (Fsp3) is 0.100. The number of nitrogens with two attached hydrogens (primary N) is 1. The van der Waals surface area contributed by atoms with Crippen molar-refractivity contribution < 1.29 is 9.84 Å². The standard InChI is InChI=1S/C10H11N3O2/c1-15-9-4-6(14)2-3-7(9)8-5-12-10(11)13-8/h2-5,14H,1H3,(H3,11,12,13). The van der Waals surface area contributed by atoms with E-state index in [0.29, 0.717) is 11.7 Å². The van der Waals surface area contributed by atoms with Crippen molar-refractivity contribution in [3.63, 3.8) is 0 Å². The summed E-state index contributed by atoms with van der Waals surface area (Å²) in [5, 5.41) is 9.29. The molecule has 0 saturated carbocycles. The lowest BCUT2D eigenvalue weighted by molar-refractivity contribution is 0.409. The summed E-state index contributed by atoms with van der Waals surface area (Å²) in [6.07, 6.45) is 1.62. The van der Waals surface area contributed by atoms with E-state index in [1.165, 1.54) is 13.2 Å². The highest BCUT2D eigenvalue weighted by molar-refractivity contribution is 5.68. The predicted molar refractivity (Wildman–Crippen MR) is 56.7 cm³/mol. The van der Waals surface area contributed by atoms with E-state index < -0.39 is 0 Å². The number of nitrogens with zero attached hydrogens (tertiary/aromatic N) is 1. The van der Waals surface area contributed by atoms with Crippen molar-refractivity contribution >= 4 is 5.95 Å². The van der Waals surface area contributed by atoms with Gasteiger partial charge in [-0.1, -0.05) is 0 Å². The van der Waals surface area contributed by atoms with Gasteiger partial charge in [0.2, 0.25) is 0 Å². The number of nitrogens with one attached hydrogen (secondary N) is 1. The maximum absolute atomic E-state index is 9.29. The summed E-state index contributed by atoms with van der Waals surface area (Å²) in [6, 6.07) is 4.85. The third-order valence-electron chi connectivity index (χ3n) is 2.07. The number of aromatic hydroxyl groups is 1. The molecule has 2 rings (SSSR count). The number of ether oxygens (including phenoxy) is 1. The van der Waals surface area contributed by atoms with E-state index in [4.69, 9.17) is 10.5 Å². The predicted octanol–water partition coefficient (Wildman–Crippen LogP) is 1.37. The SMILES string of the molecule is COc1cc(O)ccc1-c1cnc(N)[nH]1. The second kappa shape index (κ2) is 3.53. The normalized spacial score (nSPS) is 10.2. The summed E-state index contributed by atoms with van der Waals surface area (Å²) in [6.45, 7) is 0. The minimum atomic E-state index is 0.156. The van der Waals surface area contributed by atoms with Crippen LogP contribution in [0.5, 0.6) is 11.5 Å². The Labute approximate surface area is 86.5 Å². The summed E-state index contributed by atoms with van der Waals surface area (Å²) in [5.74, 6) is 1.07. The number of phenolic OH excluding ortho intramolecular Hbond substituents is 1. The lowest BCUT2D eigenvalue weighted by Gasteiger charge is -2.06. The fourth-order valence-electron chi connectivity index (χ4n) is 1.38. The average Bonchev–Trinajstić information content (AvgIpc) is 2.64. The number of phenols is 1. The van der Waals surface area contributed by atoms with E-state index in [0.717, 1.165) is 11.3 Å². The third-order valence-corrected chi connectivity index (χ3v) is 2.07. The molecule has 4 N–H and O–H groups in total. The summed E-state index contributed by atoms with van der Waals surface area (Å²) in [5.41, 5.74) is 7.04. The Morgan fingerprint density at radius 2 is 2.27 bits per heavy atom. The van der Waals surface area contributed by atoms with Crippen molar-refractivity contribution in [2.45, 2.75) is 0 Å². The Morgan fingerprint density at radius 3 is 2.87 bits per heavy atom. The van der Waals surface area contributed by atoms with Crippen LogP contribution in [0.15, 0.2) is 24.4 Å². The van der Waals surface area contributed by atoms with Crippen LogP contribution in [0.2, 0.25) is 0 Å². The van der Waals surface area contributed by atoms with Crippen molar-refractivity contribution in [2.75, 3.05) is 12.8 Å². The molecule has 0 atom stereocenters. The number of aromatic nitrogens is 2. The maximum atomic E-state index is 9.29. The van der Waals surface area contributed by atoms with Gasteiger partial charge in [0, 0.05) is 11.6 Å². The number of hydrogen-bond acceptors (Lipinski definition) is 4. The zero-order chi connectivity index (χ0) is 10.8. The number of rotatable bonds is 2. The molecule has 0 fully saturated rings. The van der Waals surface area contributed by atoms with Gasteiger partial charge in [-0.05, 0) is 12.1 Å². The smallest absolute Gasteiger partial charge is 0.197 e. The average molecular weight is 205 g/mol. The lowest BCUT2D eigenvalue weighted by atomic mass is 10.1. The molecule has 0 bridgehead atoms. The monoisotopic (exact) mass is 205 g/mol. The van der Waals surface area contributed by atoms with Gasteiger partial charge in [-0.2, -0.15) is 0 Å². The fourth-order valence-corrected chi connectivity index (χ4v) is 1.38. The Bertz CT molecular complexity index is 479. The Morgan fingerprint density at radius 1 is 1.47 bits per heavy atom. The van der Waals surface area contributed by atoms with Gasteiger partial charge in [-0.15, -0.1) is 0 Å². The highest BCUT2D eigenvalue weighted by atomic mass is 16.5. The summed E-state index contributed by atoms with van der Waals surface area (Å²) >= 11 is 0. The van der Waals surface area contributed by atoms with Gasteiger partial charge >= 0.3 is 0 Å². The highest BCUT2D eigenvalue weighted by Gasteiger charge is 2.08. The molecule has 1 heterocycles. The third kappa shape index (κ3) is 1.71. The van der Waals surface area contributed by atoms with Crippen LogP contribution in [-0.4, -0.2) is 22.2 Å². The molecule has 0 aliphatic carbocycles. The molecule has 78 valence electrons. The zero-order valence-corrected chi connectivity index (χ0v) is 8.19. The van der Waals surface area contributed by atoms with Crippen molar-refractivity contribution in [3.05, 3.63) is 24.4 Å². The number of hydrogen-bond donors (Lipinski definition) is 3. The highest BCUT2D eigenvalue weighted by Crippen LogP contribution is 2.31. The largest absolute Gasteiger partial charge is 0.508 e. The van der Waals surface area contributed by atoms with Crippen LogP contribution in [0.25, 0.3) is 11.3 Å². The number of imidazole rings is 1. The van der Waals surface area contributed by atoms with E-state index in [9.17, 15) is 5.11 Å². The molecule has 1 aromatic carbocycles. The summed E-state index contributed by atoms with van der Waals surface area (Å²) in [7, 11) is 1.54. The summed E-state index contributed by atoms with van der Waals surface area (Å²) in [4.78, 5) is 6.79. The Balaban J connectivity index is 2.52. The quantitative estimate of drug-likeness (QED) is 0.691. The van der Waals surface area contributed by atoms with Gasteiger partial charge in [-0.3, -0.25) is 0 Å². The zero-order valence-electron chi connectivity index (χ0n) is 8.19. The molecule has 0 amide bonds. The first kappa shape index (κ1) is 9.39. The molecule has 5 nitrogen and oxygen atoms in total. The van der Waals surface area contributed by atoms with Gasteiger partial charge in [-0.25, -0.2) is 4.98 Å². The van der Waals surface area contributed by atoms with Gasteiger partial charge in [0.1, 0.15) is 11.5 Å². The van der Waals surface area contributed by atoms with Crippen LogP contribution >= 0.6 is 0 Å². The van der Waals surface area contributed by atoms with Gasteiger partial charge in [0.05, 0.1) is 19.0 Å². The van der Waals surface area contributed by atoms with Crippen LogP contribution in [0.4, 0.5) is 5.95 Å². The first-order valence-electron chi connectivity index (χ1n) is 4.38. The molecule has 0 aliphatic heterocycles. The first-order chi connectivity index (χ1) is 7.20. The van der Waals surface area contributed by atoms with E-state index in [2.05, 4.69) is 9.97 Å². The van der Waals surface area contributed by atoms with Crippen LogP contribution in [0.3, 0.4) is 0 Å². The molecular formula is C10H11N3O2. The van der Waals surface area contributed by atoms with Crippen LogP contribution in [0, 0.1) is 0 Å². The maximum Gasteiger partial charge on any atom is 0.197 e. The Kier molecular flexibility index (Phi) is 2.21. The number of H-pyrrole nitrogens is 1. The van der Waals surface area contributed by atoms with Crippen molar-refractivity contribution in [3.8, 4) is 22.8 Å². The number of benzene rings is 1. The van der Waals surface area contributed by atoms with Gasteiger partial charge in [0.15, 0.2) is 5.95 Å². The number of nitrogen functional groups attached to an aromatic ring is 1. The molecule has 0 radical (unpaired) electrons. The van der Waals surface area contributed by atoms with Crippen molar-refractivity contribution in [1.29, 1.82) is 0 Å². The van der Waals surface area contributed by atoms with E-state index in [1.54, 1.807) is 18.3 Å². The molecule has 2 aromatic rings. The number of aromatic amines is 1. The summed E-state index contributed by atoms with van der Waals surface area (Å²) < 4.78 is 5.14. The van der Waals surface area contributed by atoms with Gasteiger partial charge in [0.25, 0.3) is 0 Å². The molecule has 0 unspecified atom stereocenters. The minimum Gasteiger partial charge on any atom is -0.508 e. The second-order valence-corrected chi connectivity index (χ2v) is 3.07. The molecular weight excluding hydrogens is 194 g/mol. The number of methoxy groups -OCH3 is 1. The lowest BCUT2D eigenvalue weighted by Crippen LogP contribution is -1.89. The molecule has 15 heavy (non-hydrogen) atoms. The molecule has 0 aliphatic rings. The van der Waals surface area contributed by atoms with Crippen LogP contribution < -0.4 is 10.5 Å². The topological polar surface area (TPSA) is 84.2 Å².